The highest BCUT2D eigenvalue weighted by molar-refractivity contribution is 9.10. The molecule has 1 aromatic carbocycles. The molecule has 1 N–H and O–H groups in total. The fourth-order valence-corrected chi connectivity index (χ4v) is 2.44. The van der Waals surface area contributed by atoms with Crippen LogP contribution < -0.4 is 10.1 Å². The molecule has 1 aromatic heterocycles. The van der Waals surface area contributed by atoms with Crippen LogP contribution in [0.1, 0.15) is 30.2 Å². The summed E-state index contributed by atoms with van der Waals surface area (Å²) in [6.07, 6.45) is 2.83. The molecular formula is C16H20BrNO2. The van der Waals surface area contributed by atoms with Crippen LogP contribution in [-0.4, -0.2) is 6.54 Å². The van der Waals surface area contributed by atoms with Crippen LogP contribution in [0, 0.1) is 6.92 Å². The Kier molecular flexibility index (Phi) is 5.68. The predicted octanol–water partition coefficient (Wildman–Crippen LogP) is 4.43. The summed E-state index contributed by atoms with van der Waals surface area (Å²) < 4.78 is 12.4. The van der Waals surface area contributed by atoms with Gasteiger partial charge in [-0.15, -0.1) is 0 Å². The topological polar surface area (TPSA) is 34.4 Å². The minimum Gasteiger partial charge on any atom is -0.489 e. The van der Waals surface area contributed by atoms with Crippen molar-refractivity contribution in [3.05, 3.63) is 51.9 Å². The number of hydrogen-bond acceptors (Lipinski definition) is 3. The molecule has 0 saturated carbocycles. The van der Waals surface area contributed by atoms with Crippen LogP contribution in [-0.2, 0) is 13.2 Å². The largest absolute Gasteiger partial charge is 0.489 e. The number of nitrogens with one attached hydrogen (secondary N) is 1. The zero-order chi connectivity index (χ0) is 14.4. The summed E-state index contributed by atoms with van der Waals surface area (Å²) in [5.41, 5.74) is 2.21. The van der Waals surface area contributed by atoms with Crippen molar-refractivity contribution >= 4 is 15.9 Å². The third kappa shape index (κ3) is 4.12. The highest BCUT2D eigenvalue weighted by atomic mass is 79.9. The average molecular weight is 338 g/mol. The number of halogens is 1. The van der Waals surface area contributed by atoms with Gasteiger partial charge >= 0.3 is 0 Å². The van der Waals surface area contributed by atoms with E-state index in [-0.39, 0.29) is 0 Å². The lowest BCUT2D eigenvalue weighted by Gasteiger charge is -2.09. The van der Waals surface area contributed by atoms with Gasteiger partial charge in [0.25, 0.3) is 0 Å². The summed E-state index contributed by atoms with van der Waals surface area (Å²) in [6.45, 7) is 6.46. The van der Waals surface area contributed by atoms with Gasteiger partial charge in [0.05, 0.1) is 12.8 Å². The van der Waals surface area contributed by atoms with E-state index in [0.29, 0.717) is 6.61 Å². The van der Waals surface area contributed by atoms with Crippen LogP contribution in [0.15, 0.2) is 39.4 Å². The first-order valence-electron chi connectivity index (χ1n) is 6.85. The maximum atomic E-state index is 5.87. The maximum absolute atomic E-state index is 5.87. The molecule has 0 saturated heterocycles. The monoisotopic (exact) mass is 337 g/mol. The van der Waals surface area contributed by atoms with Gasteiger partial charge in [0.2, 0.25) is 0 Å². The molecule has 0 bridgehead atoms. The molecule has 20 heavy (non-hydrogen) atoms. The van der Waals surface area contributed by atoms with E-state index >= 15 is 0 Å². The minimum atomic E-state index is 0.530. The lowest BCUT2D eigenvalue weighted by Crippen LogP contribution is -2.14. The van der Waals surface area contributed by atoms with Crippen molar-refractivity contribution in [2.24, 2.45) is 0 Å². The number of hydrogen-bond donors (Lipinski definition) is 1. The third-order valence-corrected chi connectivity index (χ3v) is 3.56. The van der Waals surface area contributed by atoms with E-state index in [2.05, 4.69) is 34.2 Å². The molecule has 4 heteroatoms. The van der Waals surface area contributed by atoms with Gasteiger partial charge in [0, 0.05) is 10.0 Å². The Bertz CT molecular complexity index is 551. The molecule has 2 aromatic rings. The van der Waals surface area contributed by atoms with E-state index in [0.717, 1.165) is 46.6 Å². The van der Waals surface area contributed by atoms with Gasteiger partial charge in [-0.1, -0.05) is 22.9 Å². The Morgan fingerprint density at radius 2 is 2.15 bits per heavy atom. The predicted molar refractivity (Wildman–Crippen MR) is 83.9 cm³/mol. The van der Waals surface area contributed by atoms with Gasteiger partial charge < -0.3 is 14.5 Å². The van der Waals surface area contributed by atoms with Gasteiger partial charge in [-0.3, -0.25) is 0 Å². The molecule has 1 heterocycles. The van der Waals surface area contributed by atoms with Crippen LogP contribution in [0.25, 0.3) is 0 Å². The Hall–Kier alpha value is -1.26. The fraction of sp³-hybridized carbons (Fsp3) is 0.375. The molecular weight excluding hydrogens is 318 g/mol. The first-order valence-corrected chi connectivity index (χ1v) is 7.65. The normalized spacial score (nSPS) is 10.8. The van der Waals surface area contributed by atoms with Crippen molar-refractivity contribution in [2.45, 2.75) is 33.4 Å². The van der Waals surface area contributed by atoms with Gasteiger partial charge in [-0.05, 0) is 49.7 Å². The summed E-state index contributed by atoms with van der Waals surface area (Å²) in [5, 5.41) is 3.34. The van der Waals surface area contributed by atoms with E-state index in [9.17, 15) is 0 Å². The zero-order valence-electron chi connectivity index (χ0n) is 11.9. The van der Waals surface area contributed by atoms with E-state index in [1.807, 2.05) is 25.1 Å². The Morgan fingerprint density at radius 3 is 2.90 bits per heavy atom. The van der Waals surface area contributed by atoms with E-state index < -0.39 is 0 Å². The minimum absolute atomic E-state index is 0.530. The molecule has 0 fully saturated rings. The first-order chi connectivity index (χ1) is 9.70. The van der Waals surface area contributed by atoms with Crippen molar-refractivity contribution in [2.75, 3.05) is 6.54 Å². The lowest BCUT2D eigenvalue weighted by molar-refractivity contribution is 0.299. The molecule has 0 aliphatic carbocycles. The Morgan fingerprint density at radius 1 is 1.30 bits per heavy atom. The molecule has 3 nitrogen and oxygen atoms in total. The van der Waals surface area contributed by atoms with Crippen molar-refractivity contribution in [3.8, 4) is 5.75 Å². The van der Waals surface area contributed by atoms with Gasteiger partial charge in [-0.25, -0.2) is 0 Å². The molecule has 0 amide bonds. The number of ether oxygens (including phenoxy) is 1. The smallest absolute Gasteiger partial charge is 0.124 e. The van der Waals surface area contributed by atoms with Crippen molar-refractivity contribution in [1.29, 1.82) is 0 Å². The standard InChI is InChI=1S/C16H20BrNO2/c1-3-7-18-10-16-13(6-8-19-16)11-20-15-5-4-14(17)9-12(15)2/h4-6,8-9,18H,3,7,10-11H2,1-2H3. The van der Waals surface area contributed by atoms with Crippen LogP contribution >= 0.6 is 15.9 Å². The van der Waals surface area contributed by atoms with Crippen molar-refractivity contribution < 1.29 is 9.15 Å². The number of aryl methyl sites for hydroxylation is 1. The molecule has 108 valence electrons. The highest BCUT2D eigenvalue weighted by Gasteiger charge is 2.08. The quantitative estimate of drug-likeness (QED) is 0.759. The second kappa shape index (κ2) is 7.50. The molecule has 0 spiro atoms. The molecule has 0 radical (unpaired) electrons. The molecule has 0 atom stereocenters. The highest BCUT2D eigenvalue weighted by Crippen LogP contribution is 2.23. The lowest BCUT2D eigenvalue weighted by atomic mass is 10.2. The Labute approximate surface area is 128 Å². The van der Waals surface area contributed by atoms with Crippen LogP contribution in [0.4, 0.5) is 0 Å². The molecule has 0 unspecified atom stereocenters. The summed E-state index contributed by atoms with van der Waals surface area (Å²) >= 11 is 3.45. The van der Waals surface area contributed by atoms with Crippen molar-refractivity contribution in [1.82, 2.24) is 5.32 Å². The number of rotatable bonds is 7. The molecule has 0 aliphatic heterocycles. The van der Waals surface area contributed by atoms with Gasteiger partial charge in [-0.2, -0.15) is 0 Å². The SMILES string of the molecule is CCCNCc1occc1COc1ccc(Br)cc1C. The second-order valence-corrected chi connectivity index (χ2v) is 5.66. The number of furan rings is 1. The Balaban J connectivity index is 1.95. The van der Waals surface area contributed by atoms with Crippen LogP contribution in [0.3, 0.4) is 0 Å². The van der Waals surface area contributed by atoms with Gasteiger partial charge in [0.1, 0.15) is 18.1 Å². The van der Waals surface area contributed by atoms with Crippen LogP contribution in [0.5, 0.6) is 5.75 Å². The third-order valence-electron chi connectivity index (χ3n) is 3.07. The average Bonchev–Trinajstić information content (AvgIpc) is 2.86. The van der Waals surface area contributed by atoms with E-state index in [1.165, 1.54) is 0 Å². The first kappa shape index (κ1) is 15.1. The summed E-state index contributed by atoms with van der Waals surface area (Å²) in [5.74, 6) is 1.86. The molecule has 2 rings (SSSR count). The zero-order valence-corrected chi connectivity index (χ0v) is 13.5. The number of benzene rings is 1. The fourth-order valence-electron chi connectivity index (χ4n) is 1.96. The van der Waals surface area contributed by atoms with E-state index in [4.69, 9.17) is 9.15 Å². The molecule has 0 aliphatic rings. The maximum Gasteiger partial charge on any atom is 0.124 e. The summed E-state index contributed by atoms with van der Waals surface area (Å²) in [4.78, 5) is 0. The van der Waals surface area contributed by atoms with Crippen LogP contribution in [0.2, 0.25) is 0 Å². The van der Waals surface area contributed by atoms with Crippen molar-refractivity contribution in [3.63, 3.8) is 0 Å². The van der Waals surface area contributed by atoms with E-state index in [1.54, 1.807) is 6.26 Å². The summed E-state index contributed by atoms with van der Waals surface area (Å²) in [7, 11) is 0. The second-order valence-electron chi connectivity index (χ2n) is 4.74. The summed E-state index contributed by atoms with van der Waals surface area (Å²) in [6, 6.07) is 7.99. The van der Waals surface area contributed by atoms with Gasteiger partial charge in [0.15, 0.2) is 0 Å².